The van der Waals surface area contributed by atoms with Crippen molar-refractivity contribution in [2.45, 2.75) is 6.42 Å². The minimum atomic E-state index is -0.382. The van der Waals surface area contributed by atoms with Gasteiger partial charge in [-0.1, -0.05) is 0 Å². The molecule has 0 unspecified atom stereocenters. The molecule has 0 fully saturated rings. The maximum atomic E-state index is 12.8. The molecule has 5 heteroatoms. The van der Waals surface area contributed by atoms with E-state index >= 15 is 0 Å². The van der Waals surface area contributed by atoms with Gasteiger partial charge in [-0.05, 0) is 24.3 Å². The fourth-order valence-corrected chi connectivity index (χ4v) is 1.48. The second-order valence-corrected chi connectivity index (χ2v) is 3.70. The van der Waals surface area contributed by atoms with Gasteiger partial charge in [0.1, 0.15) is 5.82 Å². The second kappa shape index (κ2) is 7.41. The van der Waals surface area contributed by atoms with Gasteiger partial charge in [0.25, 0.3) is 5.91 Å². The number of rotatable bonds is 6. The summed E-state index contributed by atoms with van der Waals surface area (Å²) in [5.74, 6) is -0.602. The molecule has 0 spiro atoms. The molecule has 0 saturated heterocycles. The SMILES string of the molecule is COCCN(CCC#N)C(=O)c1ccc(F)cc1. The molecular weight excluding hydrogens is 235 g/mol. The molecule has 0 N–H and O–H groups in total. The predicted molar refractivity (Wildman–Crippen MR) is 64.4 cm³/mol. The summed E-state index contributed by atoms with van der Waals surface area (Å²) in [6.07, 6.45) is 0.261. The van der Waals surface area contributed by atoms with E-state index < -0.39 is 0 Å². The molecule has 0 heterocycles. The third kappa shape index (κ3) is 4.15. The summed E-state index contributed by atoms with van der Waals surface area (Å²) in [7, 11) is 1.55. The minimum absolute atomic E-state index is 0.220. The summed E-state index contributed by atoms with van der Waals surface area (Å²) in [5, 5.41) is 8.56. The van der Waals surface area contributed by atoms with Crippen molar-refractivity contribution in [3.05, 3.63) is 35.6 Å². The molecule has 0 aliphatic heterocycles. The molecule has 0 bridgehead atoms. The number of nitriles is 1. The van der Waals surface area contributed by atoms with Gasteiger partial charge >= 0.3 is 0 Å². The molecule has 1 amide bonds. The van der Waals surface area contributed by atoms with Crippen LogP contribution in [0.3, 0.4) is 0 Å². The van der Waals surface area contributed by atoms with Gasteiger partial charge in [0.2, 0.25) is 0 Å². The average molecular weight is 250 g/mol. The number of carbonyl (C=O) groups excluding carboxylic acids is 1. The van der Waals surface area contributed by atoms with E-state index in [1.165, 1.54) is 29.2 Å². The topological polar surface area (TPSA) is 53.3 Å². The first kappa shape index (κ1) is 14.1. The summed E-state index contributed by atoms with van der Waals surface area (Å²) in [5.41, 5.74) is 0.408. The number of halogens is 1. The highest BCUT2D eigenvalue weighted by Gasteiger charge is 2.15. The fraction of sp³-hybridized carbons (Fsp3) is 0.385. The Balaban J connectivity index is 2.74. The summed E-state index contributed by atoms with van der Waals surface area (Å²) in [4.78, 5) is 13.6. The van der Waals surface area contributed by atoms with Crippen LogP contribution >= 0.6 is 0 Å². The van der Waals surface area contributed by atoms with E-state index in [4.69, 9.17) is 10.00 Å². The van der Waals surface area contributed by atoms with Crippen LogP contribution in [0.25, 0.3) is 0 Å². The van der Waals surface area contributed by atoms with E-state index in [0.717, 1.165) is 0 Å². The van der Waals surface area contributed by atoms with Crippen molar-refractivity contribution >= 4 is 5.91 Å². The first-order valence-corrected chi connectivity index (χ1v) is 5.59. The van der Waals surface area contributed by atoms with Gasteiger partial charge in [-0.3, -0.25) is 4.79 Å². The Morgan fingerprint density at radius 3 is 2.61 bits per heavy atom. The lowest BCUT2D eigenvalue weighted by Gasteiger charge is -2.21. The van der Waals surface area contributed by atoms with Gasteiger partial charge in [-0.15, -0.1) is 0 Å². The number of hydrogen-bond acceptors (Lipinski definition) is 3. The van der Waals surface area contributed by atoms with Crippen LogP contribution in [-0.4, -0.2) is 37.6 Å². The Labute approximate surface area is 106 Å². The largest absolute Gasteiger partial charge is 0.383 e. The van der Waals surface area contributed by atoms with E-state index in [1.54, 1.807) is 7.11 Å². The standard InChI is InChI=1S/C13H15FN2O2/c1-18-10-9-16(8-2-7-15)13(17)11-3-5-12(14)6-4-11/h3-6H,2,8-10H2,1H3. The van der Waals surface area contributed by atoms with Crippen molar-refractivity contribution in [1.29, 1.82) is 5.26 Å². The van der Waals surface area contributed by atoms with Crippen molar-refractivity contribution in [3.63, 3.8) is 0 Å². The fourth-order valence-electron chi connectivity index (χ4n) is 1.48. The molecule has 0 aromatic heterocycles. The van der Waals surface area contributed by atoms with Crippen LogP contribution in [-0.2, 0) is 4.74 Å². The predicted octanol–water partition coefficient (Wildman–Crippen LogP) is 1.83. The highest BCUT2D eigenvalue weighted by atomic mass is 19.1. The summed E-state index contributed by atoms with van der Waals surface area (Å²) in [6.45, 7) is 1.16. The summed E-state index contributed by atoms with van der Waals surface area (Å²) in [6, 6.07) is 7.35. The molecule has 0 aliphatic carbocycles. The first-order chi connectivity index (χ1) is 8.69. The van der Waals surface area contributed by atoms with E-state index in [-0.39, 0.29) is 18.1 Å². The zero-order valence-corrected chi connectivity index (χ0v) is 10.2. The monoisotopic (exact) mass is 250 g/mol. The Hall–Kier alpha value is -1.93. The van der Waals surface area contributed by atoms with Crippen molar-refractivity contribution in [2.24, 2.45) is 0 Å². The van der Waals surface area contributed by atoms with Crippen LogP contribution in [0, 0.1) is 17.1 Å². The maximum Gasteiger partial charge on any atom is 0.253 e. The Morgan fingerprint density at radius 1 is 1.39 bits per heavy atom. The summed E-state index contributed by atoms with van der Waals surface area (Å²) >= 11 is 0. The zero-order valence-electron chi connectivity index (χ0n) is 10.2. The van der Waals surface area contributed by atoms with Crippen LogP contribution in [0.4, 0.5) is 4.39 Å². The number of benzene rings is 1. The van der Waals surface area contributed by atoms with Crippen LogP contribution in [0.1, 0.15) is 16.8 Å². The third-order valence-electron chi connectivity index (χ3n) is 2.44. The lowest BCUT2D eigenvalue weighted by molar-refractivity contribution is 0.0700. The normalized spacial score (nSPS) is 9.83. The third-order valence-corrected chi connectivity index (χ3v) is 2.44. The maximum absolute atomic E-state index is 12.8. The Kier molecular flexibility index (Phi) is 5.81. The van der Waals surface area contributed by atoms with Crippen molar-refractivity contribution in [2.75, 3.05) is 26.8 Å². The number of amides is 1. The number of ether oxygens (including phenoxy) is 1. The molecule has 1 aromatic rings. The molecule has 0 radical (unpaired) electrons. The van der Waals surface area contributed by atoms with Crippen LogP contribution in [0.15, 0.2) is 24.3 Å². The summed E-state index contributed by atoms with van der Waals surface area (Å²) < 4.78 is 17.7. The number of carbonyl (C=O) groups is 1. The minimum Gasteiger partial charge on any atom is -0.383 e. The van der Waals surface area contributed by atoms with Crippen LogP contribution in [0.2, 0.25) is 0 Å². The van der Waals surface area contributed by atoms with Gasteiger partial charge < -0.3 is 9.64 Å². The van der Waals surface area contributed by atoms with Gasteiger partial charge in [0.05, 0.1) is 19.1 Å². The highest BCUT2D eigenvalue weighted by molar-refractivity contribution is 5.94. The van der Waals surface area contributed by atoms with Crippen LogP contribution in [0.5, 0.6) is 0 Å². The molecule has 18 heavy (non-hydrogen) atoms. The van der Waals surface area contributed by atoms with E-state index in [1.807, 2.05) is 6.07 Å². The molecule has 0 aliphatic rings. The van der Waals surface area contributed by atoms with Crippen molar-refractivity contribution in [3.8, 4) is 6.07 Å². The van der Waals surface area contributed by atoms with Gasteiger partial charge in [-0.2, -0.15) is 5.26 Å². The van der Waals surface area contributed by atoms with Crippen LogP contribution < -0.4 is 0 Å². The number of methoxy groups -OCH3 is 1. The lowest BCUT2D eigenvalue weighted by Crippen LogP contribution is -2.34. The second-order valence-electron chi connectivity index (χ2n) is 3.70. The van der Waals surface area contributed by atoms with Gasteiger partial charge in [0, 0.05) is 25.8 Å². The average Bonchev–Trinajstić information content (AvgIpc) is 2.39. The van der Waals surface area contributed by atoms with Crippen molar-refractivity contribution < 1.29 is 13.9 Å². The zero-order chi connectivity index (χ0) is 13.4. The molecule has 4 nitrogen and oxygen atoms in total. The molecule has 1 aromatic carbocycles. The van der Waals surface area contributed by atoms with Crippen molar-refractivity contribution in [1.82, 2.24) is 4.90 Å². The van der Waals surface area contributed by atoms with Gasteiger partial charge in [0.15, 0.2) is 0 Å². The molecular formula is C13H15FN2O2. The van der Waals surface area contributed by atoms with Gasteiger partial charge in [-0.25, -0.2) is 4.39 Å². The molecule has 0 atom stereocenters. The lowest BCUT2D eigenvalue weighted by atomic mass is 10.2. The quantitative estimate of drug-likeness (QED) is 0.774. The molecule has 1 rings (SSSR count). The first-order valence-electron chi connectivity index (χ1n) is 5.59. The van der Waals surface area contributed by atoms with E-state index in [0.29, 0.717) is 25.3 Å². The smallest absolute Gasteiger partial charge is 0.253 e. The Bertz CT molecular complexity index is 426. The highest BCUT2D eigenvalue weighted by Crippen LogP contribution is 2.07. The number of nitrogens with zero attached hydrogens (tertiary/aromatic N) is 2. The number of hydrogen-bond donors (Lipinski definition) is 0. The molecule has 96 valence electrons. The van der Waals surface area contributed by atoms with E-state index in [2.05, 4.69) is 0 Å². The Morgan fingerprint density at radius 2 is 2.06 bits per heavy atom. The molecule has 0 saturated carbocycles. The van der Waals surface area contributed by atoms with E-state index in [9.17, 15) is 9.18 Å².